The van der Waals surface area contributed by atoms with Gasteiger partial charge < -0.3 is 15.8 Å². The highest BCUT2D eigenvalue weighted by atomic mass is 16.5. The molecule has 5 nitrogen and oxygen atoms in total. The fourth-order valence-corrected chi connectivity index (χ4v) is 2.18. The molecule has 0 aromatic rings. The van der Waals surface area contributed by atoms with Crippen molar-refractivity contribution in [2.24, 2.45) is 5.73 Å². The first-order valence-corrected chi connectivity index (χ1v) is 6.21. The summed E-state index contributed by atoms with van der Waals surface area (Å²) in [7, 11) is 1.32. The Bertz CT molecular complexity index is 285. The molecule has 1 amide bonds. The highest BCUT2D eigenvalue weighted by Crippen LogP contribution is 2.26. The van der Waals surface area contributed by atoms with Crippen LogP contribution in [0.5, 0.6) is 0 Å². The third-order valence-electron chi connectivity index (χ3n) is 3.40. The fraction of sp³-hybridized carbons (Fsp3) is 0.833. The highest BCUT2D eigenvalue weighted by molar-refractivity contribution is 5.90. The van der Waals surface area contributed by atoms with Gasteiger partial charge in [-0.15, -0.1) is 0 Å². The van der Waals surface area contributed by atoms with Crippen molar-refractivity contribution in [3.05, 3.63) is 0 Å². The van der Waals surface area contributed by atoms with Crippen LogP contribution in [0, 0.1) is 0 Å². The van der Waals surface area contributed by atoms with Crippen LogP contribution in [0.3, 0.4) is 0 Å². The standard InChI is InChI=1S/C12H22N2O3/c1-3-9(10(15)17-2)14-11(16)12(13)7-5-4-6-8-12/h9H,3-8,13H2,1-2H3,(H,14,16). The van der Waals surface area contributed by atoms with Crippen molar-refractivity contribution in [1.29, 1.82) is 0 Å². The number of amides is 1. The van der Waals surface area contributed by atoms with Gasteiger partial charge in [0.15, 0.2) is 0 Å². The Labute approximate surface area is 102 Å². The Kier molecular flexibility index (Phi) is 4.93. The summed E-state index contributed by atoms with van der Waals surface area (Å²) in [5, 5.41) is 2.69. The average Bonchev–Trinajstić information content (AvgIpc) is 2.35. The lowest BCUT2D eigenvalue weighted by molar-refractivity contribution is -0.146. The molecule has 1 aliphatic rings. The molecular weight excluding hydrogens is 220 g/mol. The lowest BCUT2D eigenvalue weighted by atomic mass is 9.81. The second kappa shape index (κ2) is 6.00. The van der Waals surface area contributed by atoms with E-state index in [-0.39, 0.29) is 5.91 Å². The third-order valence-corrected chi connectivity index (χ3v) is 3.40. The van der Waals surface area contributed by atoms with Gasteiger partial charge in [0.05, 0.1) is 12.6 Å². The second-order valence-corrected chi connectivity index (χ2v) is 4.67. The smallest absolute Gasteiger partial charge is 0.328 e. The molecule has 0 saturated heterocycles. The van der Waals surface area contributed by atoms with Gasteiger partial charge in [-0.1, -0.05) is 26.2 Å². The summed E-state index contributed by atoms with van der Waals surface area (Å²) in [6.07, 6.45) is 4.96. The zero-order valence-corrected chi connectivity index (χ0v) is 10.6. The van der Waals surface area contributed by atoms with E-state index in [0.29, 0.717) is 19.3 Å². The van der Waals surface area contributed by atoms with Gasteiger partial charge in [-0.2, -0.15) is 0 Å². The van der Waals surface area contributed by atoms with E-state index in [4.69, 9.17) is 5.73 Å². The minimum absolute atomic E-state index is 0.227. The largest absolute Gasteiger partial charge is 0.467 e. The van der Waals surface area contributed by atoms with Crippen LogP contribution in [0.1, 0.15) is 45.4 Å². The molecule has 1 saturated carbocycles. The van der Waals surface area contributed by atoms with Crippen molar-refractivity contribution in [3.63, 3.8) is 0 Å². The van der Waals surface area contributed by atoms with E-state index in [2.05, 4.69) is 10.1 Å². The first-order valence-electron chi connectivity index (χ1n) is 6.21. The van der Waals surface area contributed by atoms with Crippen LogP contribution < -0.4 is 11.1 Å². The molecule has 0 aliphatic heterocycles. The van der Waals surface area contributed by atoms with E-state index in [9.17, 15) is 9.59 Å². The molecule has 1 atom stereocenters. The van der Waals surface area contributed by atoms with Gasteiger partial charge >= 0.3 is 5.97 Å². The number of nitrogens with one attached hydrogen (secondary N) is 1. The maximum atomic E-state index is 12.1. The molecule has 0 spiro atoms. The molecule has 1 rings (SSSR count). The number of methoxy groups -OCH3 is 1. The summed E-state index contributed by atoms with van der Waals surface area (Å²) >= 11 is 0. The average molecular weight is 242 g/mol. The Morgan fingerprint density at radius 1 is 1.35 bits per heavy atom. The normalized spacial score (nSPS) is 20.4. The van der Waals surface area contributed by atoms with Gasteiger partial charge in [-0.05, 0) is 19.3 Å². The number of hydrogen-bond acceptors (Lipinski definition) is 4. The number of nitrogens with two attached hydrogens (primary N) is 1. The molecule has 0 aromatic carbocycles. The molecule has 1 unspecified atom stereocenters. The van der Waals surface area contributed by atoms with Crippen molar-refractivity contribution in [3.8, 4) is 0 Å². The van der Waals surface area contributed by atoms with Crippen LogP contribution in [-0.4, -0.2) is 30.6 Å². The van der Waals surface area contributed by atoms with E-state index in [1.165, 1.54) is 7.11 Å². The van der Waals surface area contributed by atoms with E-state index in [1.807, 2.05) is 6.92 Å². The van der Waals surface area contributed by atoms with Crippen LogP contribution in [0.25, 0.3) is 0 Å². The zero-order chi connectivity index (χ0) is 12.9. The number of rotatable bonds is 4. The van der Waals surface area contributed by atoms with Crippen LogP contribution in [0.4, 0.5) is 0 Å². The third kappa shape index (κ3) is 3.43. The van der Waals surface area contributed by atoms with Gasteiger partial charge in [0, 0.05) is 0 Å². The van der Waals surface area contributed by atoms with Crippen molar-refractivity contribution in [1.82, 2.24) is 5.32 Å². The van der Waals surface area contributed by atoms with Crippen molar-refractivity contribution in [2.45, 2.75) is 57.0 Å². The SMILES string of the molecule is CCC(NC(=O)C1(N)CCCCC1)C(=O)OC. The maximum absolute atomic E-state index is 12.1. The lowest BCUT2D eigenvalue weighted by Crippen LogP contribution is -2.58. The zero-order valence-electron chi connectivity index (χ0n) is 10.6. The van der Waals surface area contributed by atoms with Gasteiger partial charge in [0.2, 0.25) is 5.91 Å². The summed E-state index contributed by atoms with van der Waals surface area (Å²) in [5.41, 5.74) is 5.28. The topological polar surface area (TPSA) is 81.4 Å². The minimum atomic E-state index is -0.806. The molecule has 0 aromatic heterocycles. The molecule has 0 heterocycles. The van der Waals surface area contributed by atoms with Gasteiger partial charge in [0.25, 0.3) is 0 Å². The van der Waals surface area contributed by atoms with E-state index in [0.717, 1.165) is 19.3 Å². The van der Waals surface area contributed by atoms with E-state index < -0.39 is 17.6 Å². The van der Waals surface area contributed by atoms with Crippen molar-refractivity contribution < 1.29 is 14.3 Å². The summed E-state index contributed by atoms with van der Waals surface area (Å²) < 4.78 is 4.63. The van der Waals surface area contributed by atoms with E-state index in [1.54, 1.807) is 0 Å². The molecule has 3 N–H and O–H groups in total. The second-order valence-electron chi connectivity index (χ2n) is 4.67. The predicted octanol–water partition coefficient (Wildman–Crippen LogP) is 0.716. The van der Waals surface area contributed by atoms with Gasteiger partial charge in [0.1, 0.15) is 6.04 Å². The molecule has 0 bridgehead atoms. The molecule has 1 aliphatic carbocycles. The number of carbonyl (C=O) groups is 2. The molecule has 0 radical (unpaired) electrons. The van der Waals surface area contributed by atoms with Gasteiger partial charge in [-0.25, -0.2) is 4.79 Å². The predicted molar refractivity (Wildman–Crippen MR) is 64.2 cm³/mol. The van der Waals surface area contributed by atoms with Gasteiger partial charge in [-0.3, -0.25) is 4.79 Å². The number of carbonyl (C=O) groups excluding carboxylic acids is 2. The Balaban J connectivity index is 2.60. The summed E-state index contributed by atoms with van der Waals surface area (Å²) in [4.78, 5) is 23.5. The number of hydrogen-bond donors (Lipinski definition) is 2. The molecular formula is C12H22N2O3. The lowest BCUT2D eigenvalue weighted by Gasteiger charge is -2.32. The van der Waals surface area contributed by atoms with Crippen molar-refractivity contribution >= 4 is 11.9 Å². The summed E-state index contributed by atoms with van der Waals surface area (Å²) in [6.45, 7) is 1.83. The maximum Gasteiger partial charge on any atom is 0.328 e. The number of esters is 1. The molecule has 98 valence electrons. The fourth-order valence-electron chi connectivity index (χ4n) is 2.18. The first kappa shape index (κ1) is 14.0. The molecule has 1 fully saturated rings. The van der Waals surface area contributed by atoms with Crippen LogP contribution in [0.15, 0.2) is 0 Å². The summed E-state index contributed by atoms with van der Waals surface area (Å²) in [6, 6.07) is -0.588. The van der Waals surface area contributed by atoms with Crippen LogP contribution in [0.2, 0.25) is 0 Å². The number of ether oxygens (including phenoxy) is 1. The Hall–Kier alpha value is -1.10. The highest BCUT2D eigenvalue weighted by Gasteiger charge is 2.37. The monoisotopic (exact) mass is 242 g/mol. The molecule has 17 heavy (non-hydrogen) atoms. The first-order chi connectivity index (χ1) is 8.03. The Morgan fingerprint density at radius 2 is 1.94 bits per heavy atom. The Morgan fingerprint density at radius 3 is 2.41 bits per heavy atom. The van der Waals surface area contributed by atoms with Crippen LogP contribution in [-0.2, 0) is 14.3 Å². The summed E-state index contributed by atoms with van der Waals surface area (Å²) in [5.74, 6) is -0.644. The van der Waals surface area contributed by atoms with Crippen molar-refractivity contribution in [2.75, 3.05) is 7.11 Å². The quantitative estimate of drug-likeness (QED) is 0.712. The molecule has 5 heteroatoms. The van der Waals surface area contributed by atoms with E-state index >= 15 is 0 Å². The minimum Gasteiger partial charge on any atom is -0.467 e. The van der Waals surface area contributed by atoms with Crippen LogP contribution >= 0.6 is 0 Å².